The van der Waals surface area contributed by atoms with Gasteiger partial charge in [-0.15, -0.1) is 0 Å². The van der Waals surface area contributed by atoms with Gasteiger partial charge in [0.05, 0.1) is 24.4 Å². The fraction of sp³-hybridized carbons (Fsp3) is 0.333. The van der Waals surface area contributed by atoms with Crippen LogP contribution in [-0.2, 0) is 13.6 Å². The van der Waals surface area contributed by atoms with E-state index in [0.29, 0.717) is 35.7 Å². The van der Waals surface area contributed by atoms with Gasteiger partial charge in [-0.25, -0.2) is 0 Å². The number of furan rings is 1. The highest BCUT2D eigenvalue weighted by atomic mass is 16.5. The molecule has 4 aromatic heterocycles. The van der Waals surface area contributed by atoms with Gasteiger partial charge < -0.3 is 18.0 Å². The summed E-state index contributed by atoms with van der Waals surface area (Å²) >= 11 is 0. The lowest BCUT2D eigenvalue weighted by molar-refractivity contribution is 0.296. The molecule has 5 rings (SSSR count). The van der Waals surface area contributed by atoms with Gasteiger partial charge in [-0.05, 0) is 37.2 Å². The minimum atomic E-state index is 0.211. The van der Waals surface area contributed by atoms with Crippen molar-refractivity contribution in [3.63, 3.8) is 0 Å². The van der Waals surface area contributed by atoms with Gasteiger partial charge in [-0.1, -0.05) is 10.3 Å². The molecule has 0 amide bonds. The van der Waals surface area contributed by atoms with Crippen LogP contribution in [0.2, 0.25) is 0 Å². The Morgan fingerprint density at radius 1 is 1.15 bits per heavy atom. The van der Waals surface area contributed by atoms with Crippen LogP contribution >= 0.6 is 0 Å². The number of hydrogen-bond donors (Lipinski definition) is 0. The summed E-state index contributed by atoms with van der Waals surface area (Å²) in [6, 6.07) is 7.52. The van der Waals surface area contributed by atoms with Crippen LogP contribution < -0.4 is 0 Å². The van der Waals surface area contributed by atoms with E-state index >= 15 is 0 Å². The average molecular weight is 366 g/mol. The molecule has 1 unspecified atom stereocenters. The van der Waals surface area contributed by atoms with E-state index in [-0.39, 0.29) is 5.92 Å². The summed E-state index contributed by atoms with van der Waals surface area (Å²) in [5.74, 6) is 3.12. The molecule has 5 heterocycles. The van der Waals surface area contributed by atoms with Crippen molar-refractivity contribution < 1.29 is 13.5 Å². The van der Waals surface area contributed by atoms with Crippen LogP contribution in [0.4, 0.5) is 0 Å². The Bertz CT molecular complexity index is 1030. The number of aryl methyl sites for hydroxylation is 1. The van der Waals surface area contributed by atoms with Crippen molar-refractivity contribution in [2.24, 2.45) is 7.05 Å². The Hall–Kier alpha value is -3.20. The molecular weight excluding hydrogens is 348 g/mol. The third-order valence-electron chi connectivity index (χ3n) is 4.80. The topological polar surface area (TPSA) is 99.2 Å². The van der Waals surface area contributed by atoms with Crippen LogP contribution in [0.3, 0.4) is 0 Å². The Balaban J connectivity index is 1.24. The van der Waals surface area contributed by atoms with Crippen LogP contribution in [0.5, 0.6) is 0 Å². The number of nitrogens with zero attached hydrogens (tertiary/aromatic N) is 6. The van der Waals surface area contributed by atoms with Gasteiger partial charge in [0.25, 0.3) is 5.89 Å². The molecule has 1 aliphatic rings. The van der Waals surface area contributed by atoms with Crippen molar-refractivity contribution >= 4 is 0 Å². The van der Waals surface area contributed by atoms with E-state index in [2.05, 4.69) is 25.2 Å². The number of hydrogen-bond acceptors (Lipinski definition) is 8. The maximum atomic E-state index is 5.52. The largest absolute Gasteiger partial charge is 0.459 e. The highest BCUT2D eigenvalue weighted by Crippen LogP contribution is 2.28. The molecule has 1 saturated heterocycles. The van der Waals surface area contributed by atoms with Gasteiger partial charge in [-0.3, -0.25) is 4.90 Å². The zero-order valence-corrected chi connectivity index (χ0v) is 14.8. The standard InChI is InChI=1S/C18H18N6O3/c1-23-7-2-4-13(23)16-20-17(26-22-16)12-6-8-24(10-12)11-15-19-18(27-21-15)14-5-3-9-25-14/h2-5,7,9,12H,6,8,10-11H2,1H3. The Morgan fingerprint density at radius 3 is 2.93 bits per heavy atom. The van der Waals surface area contributed by atoms with Gasteiger partial charge in [0, 0.05) is 19.8 Å². The Labute approximate surface area is 154 Å². The lowest BCUT2D eigenvalue weighted by atomic mass is 10.1. The maximum Gasteiger partial charge on any atom is 0.293 e. The lowest BCUT2D eigenvalue weighted by Gasteiger charge is -2.11. The molecule has 27 heavy (non-hydrogen) atoms. The monoisotopic (exact) mass is 366 g/mol. The molecule has 0 N–H and O–H groups in total. The SMILES string of the molecule is Cn1cccc1-c1noc(C2CCN(Cc3noc(-c4ccco4)n3)C2)n1. The molecule has 0 radical (unpaired) electrons. The van der Waals surface area contributed by atoms with E-state index in [1.807, 2.05) is 29.9 Å². The fourth-order valence-corrected chi connectivity index (χ4v) is 3.39. The molecule has 138 valence electrons. The molecule has 0 saturated carbocycles. The molecule has 0 aromatic carbocycles. The first-order valence-electron chi connectivity index (χ1n) is 8.80. The number of aromatic nitrogens is 5. The smallest absolute Gasteiger partial charge is 0.293 e. The Kier molecular flexibility index (Phi) is 3.86. The second-order valence-corrected chi connectivity index (χ2v) is 6.67. The van der Waals surface area contributed by atoms with Gasteiger partial charge in [-0.2, -0.15) is 9.97 Å². The predicted molar refractivity (Wildman–Crippen MR) is 93.3 cm³/mol. The average Bonchev–Trinajstić information content (AvgIpc) is 3.46. The second kappa shape index (κ2) is 6.51. The Morgan fingerprint density at radius 2 is 2.11 bits per heavy atom. The summed E-state index contributed by atoms with van der Waals surface area (Å²) in [6.45, 7) is 2.34. The van der Waals surface area contributed by atoms with Crippen molar-refractivity contribution in [1.29, 1.82) is 0 Å². The van der Waals surface area contributed by atoms with E-state index < -0.39 is 0 Å². The summed E-state index contributed by atoms with van der Waals surface area (Å²) < 4.78 is 18.0. The normalized spacial score (nSPS) is 17.7. The molecule has 9 heteroatoms. The molecule has 0 bridgehead atoms. The molecule has 0 spiro atoms. The highest BCUT2D eigenvalue weighted by molar-refractivity contribution is 5.49. The molecule has 0 aliphatic carbocycles. The van der Waals surface area contributed by atoms with E-state index in [9.17, 15) is 0 Å². The van der Waals surface area contributed by atoms with E-state index in [1.54, 1.807) is 18.4 Å². The third kappa shape index (κ3) is 3.06. The summed E-state index contributed by atoms with van der Waals surface area (Å²) in [6.07, 6.45) is 4.50. The van der Waals surface area contributed by atoms with Crippen LogP contribution in [0.25, 0.3) is 23.2 Å². The molecule has 9 nitrogen and oxygen atoms in total. The van der Waals surface area contributed by atoms with Crippen molar-refractivity contribution in [1.82, 2.24) is 29.7 Å². The van der Waals surface area contributed by atoms with Gasteiger partial charge in [0.1, 0.15) is 0 Å². The minimum absolute atomic E-state index is 0.211. The molecule has 4 aromatic rings. The minimum Gasteiger partial charge on any atom is -0.459 e. The molecule has 1 aliphatic heterocycles. The van der Waals surface area contributed by atoms with Crippen molar-refractivity contribution in [3.8, 4) is 23.2 Å². The highest BCUT2D eigenvalue weighted by Gasteiger charge is 2.29. The van der Waals surface area contributed by atoms with Crippen molar-refractivity contribution in [3.05, 3.63) is 48.4 Å². The third-order valence-corrected chi connectivity index (χ3v) is 4.80. The first-order valence-corrected chi connectivity index (χ1v) is 8.80. The zero-order chi connectivity index (χ0) is 18.2. The molecule has 1 fully saturated rings. The van der Waals surface area contributed by atoms with Gasteiger partial charge in [0.15, 0.2) is 11.6 Å². The predicted octanol–water partition coefficient (Wildman–Crippen LogP) is 2.71. The first-order chi connectivity index (χ1) is 13.3. The van der Waals surface area contributed by atoms with Crippen LogP contribution in [-0.4, -0.2) is 42.8 Å². The lowest BCUT2D eigenvalue weighted by Crippen LogP contribution is -2.20. The van der Waals surface area contributed by atoms with Gasteiger partial charge in [0.2, 0.25) is 11.7 Å². The summed E-state index contributed by atoms with van der Waals surface area (Å²) in [7, 11) is 1.96. The quantitative estimate of drug-likeness (QED) is 0.532. The summed E-state index contributed by atoms with van der Waals surface area (Å²) in [5, 5.41) is 8.17. The molecule has 1 atom stereocenters. The number of likely N-dealkylation sites (tertiary alicyclic amines) is 1. The zero-order valence-electron chi connectivity index (χ0n) is 14.8. The first kappa shape index (κ1) is 16.0. The summed E-state index contributed by atoms with van der Waals surface area (Å²) in [5.41, 5.74) is 0.942. The van der Waals surface area contributed by atoms with Crippen LogP contribution in [0, 0.1) is 0 Å². The van der Waals surface area contributed by atoms with E-state index in [0.717, 1.165) is 25.2 Å². The second-order valence-electron chi connectivity index (χ2n) is 6.67. The maximum absolute atomic E-state index is 5.52. The van der Waals surface area contributed by atoms with Crippen LogP contribution in [0.15, 0.2) is 50.2 Å². The van der Waals surface area contributed by atoms with E-state index in [4.69, 9.17) is 13.5 Å². The molecular formula is C18H18N6O3. The summed E-state index contributed by atoms with van der Waals surface area (Å²) in [4.78, 5) is 11.2. The fourth-order valence-electron chi connectivity index (χ4n) is 3.39. The van der Waals surface area contributed by atoms with Crippen LogP contribution in [0.1, 0.15) is 24.1 Å². The van der Waals surface area contributed by atoms with Crippen molar-refractivity contribution in [2.45, 2.75) is 18.9 Å². The number of rotatable bonds is 5. The van der Waals surface area contributed by atoms with E-state index in [1.165, 1.54) is 0 Å². The van der Waals surface area contributed by atoms with Gasteiger partial charge >= 0.3 is 0 Å². The van der Waals surface area contributed by atoms with Crippen molar-refractivity contribution in [2.75, 3.05) is 13.1 Å².